The lowest BCUT2D eigenvalue weighted by Crippen LogP contribution is -2.47. The Morgan fingerprint density at radius 3 is 1.79 bits per heavy atom. The number of hydrogen-bond acceptors (Lipinski definition) is 4. The zero-order valence-corrected chi connectivity index (χ0v) is 9.23. The lowest BCUT2D eigenvalue weighted by atomic mass is 9.82. The van der Waals surface area contributed by atoms with Crippen LogP contribution in [0.3, 0.4) is 0 Å². The number of hydrogen-bond donors (Lipinski definition) is 1. The summed E-state index contributed by atoms with van der Waals surface area (Å²) >= 11 is 0. The Hall–Kier alpha value is -0.160. The lowest BCUT2D eigenvalue weighted by molar-refractivity contribution is -0.106. The van der Waals surface area contributed by atoms with Gasteiger partial charge in [-0.15, -0.1) is 0 Å². The van der Waals surface area contributed by atoms with Gasteiger partial charge < -0.3 is 19.9 Å². The van der Waals surface area contributed by atoms with Crippen LogP contribution in [-0.4, -0.2) is 46.2 Å². The van der Waals surface area contributed by atoms with Crippen LogP contribution in [0.15, 0.2) is 0 Å². The van der Waals surface area contributed by atoms with Crippen molar-refractivity contribution in [2.75, 3.05) is 27.9 Å². The molecule has 0 aliphatic heterocycles. The summed E-state index contributed by atoms with van der Waals surface area (Å²) in [6.07, 6.45) is 2.36. The Bertz CT molecular complexity index is 151. The van der Waals surface area contributed by atoms with E-state index in [0.29, 0.717) is 6.54 Å². The molecule has 1 aliphatic carbocycles. The molecule has 0 spiro atoms. The summed E-state index contributed by atoms with van der Waals surface area (Å²) in [6, 6.07) is 0. The van der Waals surface area contributed by atoms with Crippen molar-refractivity contribution in [3.05, 3.63) is 0 Å². The van der Waals surface area contributed by atoms with Gasteiger partial charge in [0, 0.05) is 46.6 Å². The van der Waals surface area contributed by atoms with E-state index in [1.807, 2.05) is 0 Å². The predicted molar refractivity (Wildman–Crippen MR) is 54.2 cm³/mol. The standard InChI is InChI=1S/C10H21NO3/c1-12-7-4-9(13-2)8(6-11)10(5-7)14-3/h7-10H,4-6,11H2,1-3H3. The van der Waals surface area contributed by atoms with E-state index in [2.05, 4.69) is 0 Å². The van der Waals surface area contributed by atoms with Crippen molar-refractivity contribution in [1.29, 1.82) is 0 Å². The molecule has 84 valence electrons. The van der Waals surface area contributed by atoms with Gasteiger partial charge in [0.25, 0.3) is 0 Å². The van der Waals surface area contributed by atoms with Crippen LogP contribution in [0.25, 0.3) is 0 Å². The maximum Gasteiger partial charge on any atom is 0.0661 e. The molecule has 1 saturated carbocycles. The second kappa shape index (κ2) is 5.66. The molecule has 0 aromatic heterocycles. The zero-order chi connectivity index (χ0) is 10.6. The van der Waals surface area contributed by atoms with Gasteiger partial charge in [-0.05, 0) is 0 Å². The number of methoxy groups -OCH3 is 3. The van der Waals surface area contributed by atoms with Crippen molar-refractivity contribution in [2.45, 2.75) is 31.2 Å². The molecule has 0 heterocycles. The minimum atomic E-state index is 0.156. The van der Waals surface area contributed by atoms with E-state index >= 15 is 0 Å². The molecular formula is C10H21NO3. The highest BCUT2D eigenvalue weighted by molar-refractivity contribution is 4.88. The molecule has 0 radical (unpaired) electrons. The summed E-state index contributed by atoms with van der Waals surface area (Å²) in [5.74, 6) is 0.288. The first kappa shape index (κ1) is 11.9. The molecule has 0 amide bonds. The highest BCUT2D eigenvalue weighted by atomic mass is 16.5. The molecule has 1 rings (SSSR count). The van der Waals surface area contributed by atoms with E-state index in [1.165, 1.54) is 0 Å². The van der Waals surface area contributed by atoms with Gasteiger partial charge in [-0.2, -0.15) is 0 Å². The largest absolute Gasteiger partial charge is 0.381 e. The maximum absolute atomic E-state index is 5.72. The summed E-state index contributed by atoms with van der Waals surface area (Å²) in [5.41, 5.74) is 5.72. The Kier molecular flexibility index (Phi) is 4.81. The second-order valence-corrected chi connectivity index (χ2v) is 3.78. The minimum Gasteiger partial charge on any atom is -0.381 e. The van der Waals surface area contributed by atoms with Crippen LogP contribution >= 0.6 is 0 Å². The first-order valence-corrected chi connectivity index (χ1v) is 5.05. The molecule has 1 fully saturated rings. The van der Waals surface area contributed by atoms with Crippen molar-refractivity contribution < 1.29 is 14.2 Å². The third kappa shape index (κ3) is 2.45. The number of rotatable bonds is 4. The summed E-state index contributed by atoms with van der Waals surface area (Å²) in [5, 5.41) is 0. The quantitative estimate of drug-likeness (QED) is 0.718. The van der Waals surface area contributed by atoms with Crippen molar-refractivity contribution in [3.63, 3.8) is 0 Å². The second-order valence-electron chi connectivity index (χ2n) is 3.78. The van der Waals surface area contributed by atoms with Crippen LogP contribution in [0.1, 0.15) is 12.8 Å². The molecule has 0 aromatic rings. The van der Waals surface area contributed by atoms with Crippen molar-refractivity contribution in [2.24, 2.45) is 11.7 Å². The zero-order valence-electron chi connectivity index (χ0n) is 9.23. The van der Waals surface area contributed by atoms with Crippen molar-refractivity contribution >= 4 is 0 Å². The maximum atomic E-state index is 5.72. The van der Waals surface area contributed by atoms with Gasteiger partial charge in [0.15, 0.2) is 0 Å². The van der Waals surface area contributed by atoms with E-state index in [-0.39, 0.29) is 24.2 Å². The highest BCUT2D eigenvalue weighted by Gasteiger charge is 2.37. The molecule has 2 unspecified atom stereocenters. The monoisotopic (exact) mass is 203 g/mol. The fourth-order valence-corrected chi connectivity index (χ4v) is 2.24. The molecule has 14 heavy (non-hydrogen) atoms. The van der Waals surface area contributed by atoms with Gasteiger partial charge in [-0.1, -0.05) is 0 Å². The Balaban J connectivity index is 2.63. The Labute approximate surface area is 85.7 Å². The summed E-state index contributed by atoms with van der Waals surface area (Å²) in [4.78, 5) is 0. The van der Waals surface area contributed by atoms with Crippen LogP contribution in [0, 0.1) is 5.92 Å². The Morgan fingerprint density at radius 1 is 1.00 bits per heavy atom. The fraction of sp³-hybridized carbons (Fsp3) is 1.00. The fourth-order valence-electron chi connectivity index (χ4n) is 2.24. The third-order valence-electron chi connectivity index (χ3n) is 3.16. The molecule has 2 N–H and O–H groups in total. The molecule has 4 nitrogen and oxygen atoms in total. The van der Waals surface area contributed by atoms with E-state index < -0.39 is 0 Å². The van der Waals surface area contributed by atoms with Crippen molar-refractivity contribution in [3.8, 4) is 0 Å². The van der Waals surface area contributed by atoms with Gasteiger partial charge >= 0.3 is 0 Å². The molecule has 0 aromatic carbocycles. The molecule has 4 heteroatoms. The third-order valence-corrected chi connectivity index (χ3v) is 3.16. The first-order valence-electron chi connectivity index (χ1n) is 5.05. The minimum absolute atomic E-state index is 0.156. The average molecular weight is 203 g/mol. The van der Waals surface area contributed by atoms with Crippen LogP contribution in [-0.2, 0) is 14.2 Å². The number of ether oxygens (including phenoxy) is 3. The van der Waals surface area contributed by atoms with Gasteiger partial charge in [-0.3, -0.25) is 0 Å². The van der Waals surface area contributed by atoms with Gasteiger partial charge in [0.1, 0.15) is 0 Å². The first-order chi connectivity index (χ1) is 6.76. The van der Waals surface area contributed by atoms with E-state index in [0.717, 1.165) is 12.8 Å². The van der Waals surface area contributed by atoms with Gasteiger partial charge in [0.05, 0.1) is 18.3 Å². The normalized spacial score (nSPS) is 38.6. The summed E-state index contributed by atoms with van der Waals surface area (Å²) in [6.45, 7) is 0.605. The molecule has 2 atom stereocenters. The van der Waals surface area contributed by atoms with Gasteiger partial charge in [0.2, 0.25) is 0 Å². The lowest BCUT2D eigenvalue weighted by Gasteiger charge is -2.39. The van der Waals surface area contributed by atoms with Crippen LogP contribution in [0.4, 0.5) is 0 Å². The summed E-state index contributed by atoms with van der Waals surface area (Å²) < 4.78 is 16.2. The van der Waals surface area contributed by atoms with E-state index in [9.17, 15) is 0 Å². The topological polar surface area (TPSA) is 53.7 Å². The smallest absolute Gasteiger partial charge is 0.0661 e. The van der Waals surface area contributed by atoms with E-state index in [1.54, 1.807) is 21.3 Å². The van der Waals surface area contributed by atoms with Crippen molar-refractivity contribution in [1.82, 2.24) is 0 Å². The van der Waals surface area contributed by atoms with Crippen LogP contribution in [0.2, 0.25) is 0 Å². The van der Waals surface area contributed by atoms with E-state index in [4.69, 9.17) is 19.9 Å². The predicted octanol–water partition coefficient (Wildman–Crippen LogP) is 0.400. The Morgan fingerprint density at radius 2 is 1.50 bits per heavy atom. The summed E-state index contributed by atoms with van der Waals surface area (Å²) in [7, 11) is 5.17. The van der Waals surface area contributed by atoms with Gasteiger partial charge in [-0.25, -0.2) is 0 Å². The number of nitrogens with two attached hydrogens (primary N) is 1. The molecule has 0 bridgehead atoms. The molecular weight excluding hydrogens is 182 g/mol. The average Bonchev–Trinajstić information content (AvgIpc) is 2.26. The van der Waals surface area contributed by atoms with Crippen LogP contribution in [0.5, 0.6) is 0 Å². The molecule has 1 aliphatic rings. The highest BCUT2D eigenvalue weighted by Crippen LogP contribution is 2.29. The SMILES string of the molecule is COC1CC(OC)C(CN)C(OC)C1. The molecule has 0 saturated heterocycles. The van der Waals surface area contributed by atoms with Crippen LogP contribution < -0.4 is 5.73 Å².